The molecule has 4 nitrogen and oxygen atoms in total. The van der Waals surface area contributed by atoms with Crippen molar-refractivity contribution in [2.24, 2.45) is 0 Å². The van der Waals surface area contributed by atoms with Crippen molar-refractivity contribution < 1.29 is 4.74 Å². The lowest BCUT2D eigenvalue weighted by Gasteiger charge is -2.05. The van der Waals surface area contributed by atoms with Crippen LogP contribution < -0.4 is 4.74 Å². The number of hydrogen-bond donors (Lipinski definition) is 0. The van der Waals surface area contributed by atoms with Crippen LogP contribution in [0.3, 0.4) is 0 Å². The van der Waals surface area contributed by atoms with Crippen LogP contribution >= 0.6 is 23.2 Å². The second kappa shape index (κ2) is 4.72. The number of hydrogen-bond acceptors (Lipinski definition) is 3. The second-order valence-corrected chi connectivity index (χ2v) is 4.68. The quantitative estimate of drug-likeness (QED) is 0.676. The van der Waals surface area contributed by atoms with E-state index in [0.29, 0.717) is 21.8 Å². The summed E-state index contributed by atoms with van der Waals surface area (Å²) in [5.41, 5.74) is 1.54. The van der Waals surface area contributed by atoms with Crippen molar-refractivity contribution in [3.05, 3.63) is 46.8 Å². The predicted molar refractivity (Wildman–Crippen MR) is 75.0 cm³/mol. The highest BCUT2D eigenvalue weighted by Crippen LogP contribution is 2.26. The predicted octanol–water partition coefficient (Wildman–Crippen LogP) is 3.71. The van der Waals surface area contributed by atoms with Gasteiger partial charge in [-0.05, 0) is 24.3 Å². The van der Waals surface area contributed by atoms with Crippen LogP contribution in [0.15, 0.2) is 36.5 Å². The zero-order chi connectivity index (χ0) is 13.4. The first-order valence-corrected chi connectivity index (χ1v) is 6.28. The lowest BCUT2D eigenvalue weighted by Crippen LogP contribution is -1.93. The molecular weight excluding hydrogens is 285 g/mol. The summed E-state index contributed by atoms with van der Waals surface area (Å²) in [5, 5.41) is 0.817. The number of benzene rings is 1. The van der Waals surface area contributed by atoms with Crippen molar-refractivity contribution in [2.45, 2.75) is 0 Å². The lowest BCUT2D eigenvalue weighted by atomic mass is 10.2. The largest absolute Gasteiger partial charge is 0.497 e. The number of ether oxygens (including phenoxy) is 1. The number of methoxy groups -OCH3 is 1. The van der Waals surface area contributed by atoms with E-state index in [1.165, 1.54) is 0 Å². The fourth-order valence-corrected chi connectivity index (χ4v) is 2.40. The van der Waals surface area contributed by atoms with Crippen LogP contribution in [0.5, 0.6) is 5.75 Å². The minimum absolute atomic E-state index is 0.346. The summed E-state index contributed by atoms with van der Waals surface area (Å²) in [6.45, 7) is 0. The van der Waals surface area contributed by atoms with E-state index in [9.17, 15) is 0 Å². The molecule has 0 unspecified atom stereocenters. The van der Waals surface area contributed by atoms with Gasteiger partial charge in [-0.1, -0.05) is 23.2 Å². The number of halogens is 2. The Morgan fingerprint density at radius 3 is 2.58 bits per heavy atom. The average molecular weight is 294 g/mol. The maximum atomic E-state index is 6.19. The van der Waals surface area contributed by atoms with Gasteiger partial charge in [0.15, 0.2) is 5.65 Å². The molecule has 0 spiro atoms. The fourth-order valence-electron chi connectivity index (χ4n) is 1.88. The van der Waals surface area contributed by atoms with Gasteiger partial charge in [-0.25, -0.2) is 9.97 Å². The summed E-state index contributed by atoms with van der Waals surface area (Å²) in [4.78, 5) is 8.51. The topological polar surface area (TPSA) is 39.4 Å². The molecule has 0 saturated heterocycles. The van der Waals surface area contributed by atoms with Gasteiger partial charge in [0, 0.05) is 11.6 Å². The Bertz CT molecular complexity index is 737. The highest BCUT2D eigenvalue weighted by atomic mass is 35.5. The van der Waals surface area contributed by atoms with Crippen LogP contribution in [0.1, 0.15) is 0 Å². The minimum atomic E-state index is 0.346. The first-order chi connectivity index (χ1) is 9.19. The molecule has 2 aromatic heterocycles. The maximum absolute atomic E-state index is 6.19. The molecule has 0 aliphatic carbocycles. The summed E-state index contributed by atoms with van der Waals surface area (Å²) in [5.74, 6) is 1.50. The van der Waals surface area contributed by atoms with Gasteiger partial charge in [-0.15, -0.1) is 0 Å². The second-order valence-electron chi connectivity index (χ2n) is 3.91. The average Bonchev–Trinajstić information content (AvgIpc) is 2.83. The summed E-state index contributed by atoms with van der Waals surface area (Å²) in [6, 6.07) is 9.16. The van der Waals surface area contributed by atoms with Crippen molar-refractivity contribution in [3.63, 3.8) is 0 Å². The molecule has 0 bridgehead atoms. The van der Waals surface area contributed by atoms with Gasteiger partial charge in [0.25, 0.3) is 0 Å². The molecule has 0 atom stereocenters. The molecule has 6 heteroatoms. The standard InChI is InChI=1S/C13H9Cl2N3O/c1-19-9-4-2-8(3-5-9)13-16-7-12-17-10(14)6-11(15)18(12)13/h2-7H,1H3. The number of imidazole rings is 1. The van der Waals surface area contributed by atoms with Gasteiger partial charge >= 0.3 is 0 Å². The zero-order valence-corrected chi connectivity index (χ0v) is 11.5. The van der Waals surface area contributed by atoms with Crippen LogP contribution in [-0.2, 0) is 0 Å². The SMILES string of the molecule is COc1ccc(-c2ncc3nc(Cl)cc(Cl)n23)cc1. The van der Waals surface area contributed by atoms with Crippen LogP contribution in [0, 0.1) is 0 Å². The Kier molecular flexibility index (Phi) is 3.05. The van der Waals surface area contributed by atoms with Gasteiger partial charge in [0.1, 0.15) is 21.9 Å². The highest BCUT2D eigenvalue weighted by molar-refractivity contribution is 6.33. The van der Waals surface area contributed by atoms with E-state index < -0.39 is 0 Å². The number of aromatic nitrogens is 3. The molecule has 3 aromatic rings. The van der Waals surface area contributed by atoms with E-state index in [2.05, 4.69) is 9.97 Å². The fraction of sp³-hybridized carbons (Fsp3) is 0.0769. The van der Waals surface area contributed by atoms with E-state index in [0.717, 1.165) is 11.3 Å². The molecule has 96 valence electrons. The van der Waals surface area contributed by atoms with Crippen LogP contribution in [0.4, 0.5) is 0 Å². The highest BCUT2D eigenvalue weighted by Gasteiger charge is 2.11. The monoisotopic (exact) mass is 293 g/mol. The normalized spacial score (nSPS) is 10.9. The molecule has 0 aliphatic heterocycles. The Labute approximate surface area is 119 Å². The third kappa shape index (κ3) is 2.13. The van der Waals surface area contributed by atoms with Crippen LogP contribution in [0.25, 0.3) is 17.0 Å². The van der Waals surface area contributed by atoms with E-state index in [1.807, 2.05) is 24.3 Å². The maximum Gasteiger partial charge on any atom is 0.159 e. The molecule has 1 aromatic carbocycles. The van der Waals surface area contributed by atoms with E-state index in [-0.39, 0.29) is 0 Å². The van der Waals surface area contributed by atoms with Crippen LogP contribution in [-0.4, -0.2) is 21.5 Å². The van der Waals surface area contributed by atoms with E-state index in [1.54, 1.807) is 23.8 Å². The first kappa shape index (κ1) is 12.3. The molecule has 3 rings (SSSR count). The van der Waals surface area contributed by atoms with Gasteiger partial charge < -0.3 is 4.74 Å². The first-order valence-electron chi connectivity index (χ1n) is 5.53. The molecule has 0 radical (unpaired) electrons. The van der Waals surface area contributed by atoms with Gasteiger partial charge in [-0.2, -0.15) is 0 Å². The summed E-state index contributed by atoms with van der Waals surface area (Å²) >= 11 is 12.1. The Balaban J connectivity index is 2.19. The third-order valence-corrected chi connectivity index (χ3v) is 3.24. The smallest absolute Gasteiger partial charge is 0.159 e. The summed E-state index contributed by atoms with van der Waals surface area (Å²) < 4.78 is 6.88. The number of fused-ring (bicyclic) bond motifs is 1. The Morgan fingerprint density at radius 2 is 1.89 bits per heavy atom. The number of rotatable bonds is 2. The molecule has 0 N–H and O–H groups in total. The Morgan fingerprint density at radius 1 is 1.16 bits per heavy atom. The van der Waals surface area contributed by atoms with E-state index >= 15 is 0 Å². The van der Waals surface area contributed by atoms with Crippen molar-refractivity contribution >= 4 is 28.8 Å². The molecule has 0 amide bonds. The van der Waals surface area contributed by atoms with Crippen LogP contribution in [0.2, 0.25) is 10.3 Å². The van der Waals surface area contributed by atoms with E-state index in [4.69, 9.17) is 27.9 Å². The molecule has 0 aliphatic rings. The molecule has 0 fully saturated rings. The molecule has 2 heterocycles. The van der Waals surface area contributed by atoms with Gasteiger partial charge in [-0.3, -0.25) is 4.40 Å². The van der Waals surface area contributed by atoms with Crippen molar-refractivity contribution in [3.8, 4) is 17.1 Å². The molecule has 0 saturated carbocycles. The molecule has 19 heavy (non-hydrogen) atoms. The Hall–Kier alpha value is -1.78. The third-order valence-electron chi connectivity index (χ3n) is 2.76. The number of nitrogens with zero attached hydrogens (tertiary/aromatic N) is 3. The zero-order valence-electron chi connectivity index (χ0n) is 9.97. The van der Waals surface area contributed by atoms with Gasteiger partial charge in [0.05, 0.1) is 13.3 Å². The minimum Gasteiger partial charge on any atom is -0.497 e. The van der Waals surface area contributed by atoms with Gasteiger partial charge in [0.2, 0.25) is 0 Å². The van der Waals surface area contributed by atoms with Crippen molar-refractivity contribution in [2.75, 3.05) is 7.11 Å². The summed E-state index contributed by atoms with van der Waals surface area (Å²) in [6.07, 6.45) is 1.64. The lowest BCUT2D eigenvalue weighted by molar-refractivity contribution is 0.415. The molecular formula is C13H9Cl2N3O. The van der Waals surface area contributed by atoms with Crippen molar-refractivity contribution in [1.29, 1.82) is 0 Å². The van der Waals surface area contributed by atoms with Crippen molar-refractivity contribution in [1.82, 2.24) is 14.4 Å². The summed E-state index contributed by atoms with van der Waals surface area (Å²) in [7, 11) is 1.63.